The normalized spacial score (nSPS) is 10.8. The van der Waals surface area contributed by atoms with E-state index in [0.717, 1.165) is 27.8 Å². The lowest BCUT2D eigenvalue weighted by atomic mass is 10.1. The SMILES string of the molecule is O=C(O)c1cc(-n2c(-c3ccccc3)cc3ccccc32)ccn1. The van der Waals surface area contributed by atoms with Gasteiger partial charge < -0.3 is 9.67 Å². The molecule has 0 unspecified atom stereocenters. The van der Waals surface area contributed by atoms with Crippen molar-refractivity contribution in [3.63, 3.8) is 0 Å². The number of hydrogen-bond acceptors (Lipinski definition) is 2. The van der Waals surface area contributed by atoms with Gasteiger partial charge in [0.25, 0.3) is 0 Å². The molecule has 24 heavy (non-hydrogen) atoms. The molecule has 0 saturated heterocycles. The number of rotatable bonds is 3. The molecule has 0 spiro atoms. The number of carboxylic acids is 1. The molecule has 4 heteroatoms. The first-order valence-corrected chi connectivity index (χ1v) is 7.60. The fourth-order valence-corrected chi connectivity index (χ4v) is 2.93. The zero-order chi connectivity index (χ0) is 16.5. The van der Waals surface area contributed by atoms with E-state index >= 15 is 0 Å². The third-order valence-corrected chi connectivity index (χ3v) is 4.00. The zero-order valence-electron chi connectivity index (χ0n) is 12.8. The van der Waals surface area contributed by atoms with Crippen LogP contribution in [0.3, 0.4) is 0 Å². The first kappa shape index (κ1) is 14.2. The summed E-state index contributed by atoms with van der Waals surface area (Å²) in [6, 6.07) is 23.7. The fourth-order valence-electron chi connectivity index (χ4n) is 2.93. The number of para-hydroxylation sites is 1. The number of aromatic carboxylic acids is 1. The van der Waals surface area contributed by atoms with Crippen molar-refractivity contribution in [2.24, 2.45) is 0 Å². The number of benzene rings is 2. The summed E-state index contributed by atoms with van der Waals surface area (Å²) in [7, 11) is 0. The van der Waals surface area contributed by atoms with E-state index in [-0.39, 0.29) is 5.69 Å². The highest BCUT2D eigenvalue weighted by Crippen LogP contribution is 2.31. The average Bonchev–Trinajstić information content (AvgIpc) is 3.02. The van der Waals surface area contributed by atoms with Crippen molar-refractivity contribution in [3.05, 3.63) is 84.7 Å². The Balaban J connectivity index is 2.03. The second-order valence-electron chi connectivity index (χ2n) is 5.49. The number of nitrogens with zero attached hydrogens (tertiary/aromatic N) is 2. The number of carboxylic acid groups (broad SMARTS) is 1. The second-order valence-corrected chi connectivity index (χ2v) is 5.49. The Bertz CT molecular complexity index is 1040. The molecule has 0 aliphatic carbocycles. The topological polar surface area (TPSA) is 55.1 Å². The van der Waals surface area contributed by atoms with Crippen LogP contribution < -0.4 is 0 Å². The van der Waals surface area contributed by atoms with Crippen molar-refractivity contribution in [2.75, 3.05) is 0 Å². The molecule has 4 aromatic rings. The van der Waals surface area contributed by atoms with Crippen LogP contribution in [0.25, 0.3) is 27.8 Å². The summed E-state index contributed by atoms with van der Waals surface area (Å²) in [6.45, 7) is 0. The Kier molecular flexibility index (Phi) is 3.35. The largest absolute Gasteiger partial charge is 0.477 e. The molecule has 0 aliphatic heterocycles. The Hall–Kier alpha value is -3.40. The number of aromatic nitrogens is 2. The van der Waals surface area contributed by atoms with Crippen LogP contribution >= 0.6 is 0 Å². The van der Waals surface area contributed by atoms with E-state index in [9.17, 15) is 9.90 Å². The van der Waals surface area contributed by atoms with Crippen LogP contribution in [0.1, 0.15) is 10.5 Å². The van der Waals surface area contributed by atoms with E-state index in [2.05, 4.69) is 21.7 Å². The summed E-state index contributed by atoms with van der Waals surface area (Å²) in [5.41, 5.74) is 3.92. The third-order valence-electron chi connectivity index (χ3n) is 4.00. The molecule has 116 valence electrons. The molecule has 4 rings (SSSR count). The Labute approximate surface area is 138 Å². The van der Waals surface area contributed by atoms with Gasteiger partial charge in [0.2, 0.25) is 0 Å². The van der Waals surface area contributed by atoms with Crippen LogP contribution in [0.5, 0.6) is 0 Å². The summed E-state index contributed by atoms with van der Waals surface area (Å²) >= 11 is 0. The molecular formula is C20H14N2O2. The van der Waals surface area contributed by atoms with E-state index in [0.29, 0.717) is 0 Å². The lowest BCUT2D eigenvalue weighted by Crippen LogP contribution is -2.03. The predicted octanol–water partition coefficient (Wildman–Crippen LogP) is 4.39. The summed E-state index contributed by atoms with van der Waals surface area (Å²) < 4.78 is 2.07. The molecule has 0 amide bonds. The smallest absolute Gasteiger partial charge is 0.354 e. The predicted molar refractivity (Wildman–Crippen MR) is 93.5 cm³/mol. The van der Waals surface area contributed by atoms with E-state index in [1.54, 1.807) is 6.07 Å². The van der Waals surface area contributed by atoms with Gasteiger partial charge in [-0.15, -0.1) is 0 Å². The first-order valence-electron chi connectivity index (χ1n) is 7.60. The van der Waals surface area contributed by atoms with Crippen molar-refractivity contribution in [1.82, 2.24) is 9.55 Å². The molecule has 0 bridgehead atoms. The van der Waals surface area contributed by atoms with E-state index in [1.165, 1.54) is 6.20 Å². The summed E-state index contributed by atoms with van der Waals surface area (Å²) in [5.74, 6) is -1.03. The first-order chi connectivity index (χ1) is 11.7. The van der Waals surface area contributed by atoms with Gasteiger partial charge >= 0.3 is 5.97 Å². The molecule has 2 heterocycles. The van der Waals surface area contributed by atoms with Crippen molar-refractivity contribution in [2.45, 2.75) is 0 Å². The van der Waals surface area contributed by atoms with Gasteiger partial charge in [-0.3, -0.25) is 0 Å². The zero-order valence-corrected chi connectivity index (χ0v) is 12.8. The monoisotopic (exact) mass is 314 g/mol. The summed E-state index contributed by atoms with van der Waals surface area (Å²) in [6.07, 6.45) is 1.53. The van der Waals surface area contributed by atoms with Crippen molar-refractivity contribution < 1.29 is 9.90 Å². The number of hydrogen-bond donors (Lipinski definition) is 1. The fraction of sp³-hybridized carbons (Fsp3) is 0. The average molecular weight is 314 g/mol. The van der Waals surface area contributed by atoms with Gasteiger partial charge in [0.1, 0.15) is 5.69 Å². The third kappa shape index (κ3) is 2.34. The maximum atomic E-state index is 11.3. The summed E-state index contributed by atoms with van der Waals surface area (Å²) in [5, 5.41) is 10.3. The van der Waals surface area contributed by atoms with Gasteiger partial charge in [0, 0.05) is 11.6 Å². The van der Waals surface area contributed by atoms with Crippen molar-refractivity contribution >= 4 is 16.9 Å². The maximum absolute atomic E-state index is 11.3. The molecular weight excluding hydrogens is 300 g/mol. The van der Waals surface area contributed by atoms with Crippen molar-refractivity contribution in [1.29, 1.82) is 0 Å². The number of carbonyl (C=O) groups is 1. The molecule has 0 fully saturated rings. The Morgan fingerprint density at radius 3 is 2.46 bits per heavy atom. The molecule has 4 nitrogen and oxygen atoms in total. The highest BCUT2D eigenvalue weighted by molar-refractivity contribution is 5.90. The van der Waals surface area contributed by atoms with Gasteiger partial charge in [-0.25, -0.2) is 9.78 Å². The van der Waals surface area contributed by atoms with Crippen LogP contribution in [0, 0.1) is 0 Å². The minimum Gasteiger partial charge on any atom is -0.477 e. The van der Waals surface area contributed by atoms with Crippen LogP contribution in [0.4, 0.5) is 0 Å². The van der Waals surface area contributed by atoms with Crippen LogP contribution in [-0.4, -0.2) is 20.6 Å². The van der Waals surface area contributed by atoms with Gasteiger partial charge in [-0.2, -0.15) is 0 Å². The maximum Gasteiger partial charge on any atom is 0.354 e. The quantitative estimate of drug-likeness (QED) is 0.610. The molecule has 0 aliphatic rings. The molecule has 0 radical (unpaired) electrons. The lowest BCUT2D eigenvalue weighted by Gasteiger charge is -2.11. The molecule has 0 saturated carbocycles. The van der Waals surface area contributed by atoms with E-state index < -0.39 is 5.97 Å². The van der Waals surface area contributed by atoms with Crippen LogP contribution in [-0.2, 0) is 0 Å². The van der Waals surface area contributed by atoms with Gasteiger partial charge in [0.05, 0.1) is 16.9 Å². The van der Waals surface area contributed by atoms with Gasteiger partial charge in [-0.05, 0) is 29.8 Å². The van der Waals surface area contributed by atoms with Gasteiger partial charge in [-0.1, -0.05) is 48.5 Å². The summed E-state index contributed by atoms with van der Waals surface area (Å²) in [4.78, 5) is 15.2. The highest BCUT2D eigenvalue weighted by Gasteiger charge is 2.14. The van der Waals surface area contributed by atoms with E-state index in [1.807, 2.05) is 54.6 Å². The van der Waals surface area contributed by atoms with Crippen LogP contribution in [0.15, 0.2) is 79.0 Å². The molecule has 0 atom stereocenters. The van der Waals surface area contributed by atoms with Crippen molar-refractivity contribution in [3.8, 4) is 16.9 Å². The molecule has 2 aromatic carbocycles. The van der Waals surface area contributed by atoms with Crippen LogP contribution in [0.2, 0.25) is 0 Å². The molecule has 2 aromatic heterocycles. The minimum atomic E-state index is -1.03. The Morgan fingerprint density at radius 1 is 0.917 bits per heavy atom. The van der Waals surface area contributed by atoms with Gasteiger partial charge in [0.15, 0.2) is 0 Å². The number of pyridine rings is 1. The number of fused-ring (bicyclic) bond motifs is 1. The molecule has 1 N–H and O–H groups in total. The lowest BCUT2D eigenvalue weighted by molar-refractivity contribution is 0.0690. The second kappa shape index (κ2) is 5.66. The minimum absolute atomic E-state index is 0.0318. The highest BCUT2D eigenvalue weighted by atomic mass is 16.4. The van der Waals surface area contributed by atoms with E-state index in [4.69, 9.17) is 0 Å². The standard InChI is InChI=1S/C20H14N2O2/c23-20(24)17-13-16(10-11-21-17)22-18-9-5-4-8-15(18)12-19(22)14-6-2-1-3-7-14/h1-13H,(H,23,24). The Morgan fingerprint density at radius 2 is 1.67 bits per heavy atom.